The Labute approximate surface area is 156 Å². The molecule has 0 fully saturated rings. The number of nitrogens with zero attached hydrogens (tertiary/aromatic N) is 1. The molecule has 7 nitrogen and oxygen atoms in total. The van der Waals surface area contributed by atoms with Crippen LogP contribution >= 0.6 is 0 Å². The molecule has 0 radical (unpaired) electrons. The Kier molecular flexibility index (Phi) is 5.21. The summed E-state index contributed by atoms with van der Waals surface area (Å²) < 4.78 is 11.3. The fourth-order valence-electron chi connectivity index (χ4n) is 2.65. The number of methoxy groups -OCH3 is 1. The lowest BCUT2D eigenvalue weighted by molar-refractivity contribution is -0.114. The first-order valence-corrected chi connectivity index (χ1v) is 8.25. The summed E-state index contributed by atoms with van der Waals surface area (Å²) in [6.07, 6.45) is 1.63. The Morgan fingerprint density at radius 3 is 2.52 bits per heavy atom. The zero-order chi connectivity index (χ0) is 19.4. The molecule has 2 aromatic carbocycles. The molecular weight excluding hydrogens is 346 g/mol. The van der Waals surface area contributed by atoms with Gasteiger partial charge in [-0.1, -0.05) is 0 Å². The van der Waals surface area contributed by atoms with Crippen LogP contribution in [0.5, 0.6) is 17.2 Å². The number of hydrogen-bond donors (Lipinski definition) is 2. The van der Waals surface area contributed by atoms with E-state index < -0.39 is 0 Å². The third-order valence-corrected chi connectivity index (χ3v) is 3.85. The van der Waals surface area contributed by atoms with Gasteiger partial charge < -0.3 is 20.1 Å². The van der Waals surface area contributed by atoms with Crippen LogP contribution in [0, 0.1) is 0 Å². The van der Waals surface area contributed by atoms with E-state index in [4.69, 9.17) is 9.47 Å². The molecule has 1 aromatic heterocycles. The maximum Gasteiger partial charge on any atom is 0.251 e. The van der Waals surface area contributed by atoms with E-state index in [9.17, 15) is 9.59 Å². The third kappa shape index (κ3) is 4.14. The van der Waals surface area contributed by atoms with Gasteiger partial charge in [-0.3, -0.25) is 14.6 Å². The zero-order valence-corrected chi connectivity index (χ0v) is 15.2. The van der Waals surface area contributed by atoms with Gasteiger partial charge in [-0.05, 0) is 24.3 Å². The zero-order valence-electron chi connectivity index (χ0n) is 15.2. The number of carbonyl (C=O) groups excluding carboxylic acids is 2. The van der Waals surface area contributed by atoms with Gasteiger partial charge in [0.15, 0.2) is 0 Å². The lowest BCUT2D eigenvalue weighted by Crippen LogP contribution is -2.17. The van der Waals surface area contributed by atoms with Crippen LogP contribution in [0.15, 0.2) is 48.7 Å². The molecule has 0 saturated carbocycles. The maximum atomic E-state index is 11.9. The average molecular weight is 365 g/mol. The van der Waals surface area contributed by atoms with Crippen molar-refractivity contribution < 1.29 is 19.1 Å². The van der Waals surface area contributed by atoms with Gasteiger partial charge in [0.25, 0.3) is 5.91 Å². The van der Waals surface area contributed by atoms with Crippen molar-refractivity contribution in [2.45, 2.75) is 6.92 Å². The highest BCUT2D eigenvalue weighted by molar-refractivity contribution is 5.99. The molecule has 3 rings (SSSR count). The summed E-state index contributed by atoms with van der Waals surface area (Å²) in [5, 5.41) is 6.01. The summed E-state index contributed by atoms with van der Waals surface area (Å²) in [6.45, 7) is 1.43. The number of aromatic nitrogens is 1. The predicted octanol–water partition coefficient (Wildman–Crippen LogP) is 3.35. The molecule has 1 heterocycles. The third-order valence-electron chi connectivity index (χ3n) is 3.85. The van der Waals surface area contributed by atoms with Gasteiger partial charge >= 0.3 is 0 Å². The lowest BCUT2D eigenvalue weighted by Gasteiger charge is -2.12. The Morgan fingerprint density at radius 1 is 1.04 bits per heavy atom. The van der Waals surface area contributed by atoms with E-state index in [0.29, 0.717) is 39.4 Å². The molecule has 27 heavy (non-hydrogen) atoms. The number of ether oxygens (including phenoxy) is 2. The van der Waals surface area contributed by atoms with Gasteiger partial charge in [0.2, 0.25) is 5.91 Å². The highest BCUT2D eigenvalue weighted by Gasteiger charge is 2.11. The number of carbonyl (C=O) groups is 2. The summed E-state index contributed by atoms with van der Waals surface area (Å²) in [7, 11) is 3.11. The molecule has 2 N–H and O–H groups in total. The van der Waals surface area contributed by atoms with Crippen molar-refractivity contribution in [1.29, 1.82) is 0 Å². The van der Waals surface area contributed by atoms with Crippen LogP contribution in [0.3, 0.4) is 0 Å². The van der Waals surface area contributed by atoms with Crippen LogP contribution in [-0.2, 0) is 4.79 Å². The summed E-state index contributed by atoms with van der Waals surface area (Å²) in [6, 6.07) is 12.0. The minimum Gasteiger partial charge on any atom is -0.497 e. The maximum absolute atomic E-state index is 11.9. The monoisotopic (exact) mass is 365 g/mol. The first kappa shape index (κ1) is 18.2. The van der Waals surface area contributed by atoms with Gasteiger partial charge in [-0.2, -0.15) is 0 Å². The summed E-state index contributed by atoms with van der Waals surface area (Å²) in [5.41, 5.74) is 1.76. The fourth-order valence-corrected chi connectivity index (χ4v) is 2.65. The number of pyridine rings is 1. The van der Waals surface area contributed by atoms with E-state index in [-0.39, 0.29) is 11.8 Å². The first-order chi connectivity index (χ1) is 13.0. The molecule has 2 amide bonds. The quantitative estimate of drug-likeness (QED) is 0.724. The Hall–Kier alpha value is -3.61. The van der Waals surface area contributed by atoms with Gasteiger partial charge in [0.1, 0.15) is 17.2 Å². The standard InChI is InChI=1S/C20H19N3O4/c1-12(24)23-14-9-15(26-3)11-16(10-14)27-19-6-7-22-18-5-4-13(8-17(18)19)20(25)21-2/h4-11H,1-3H3,(H,21,25)(H,23,24). The predicted molar refractivity (Wildman–Crippen MR) is 103 cm³/mol. The summed E-state index contributed by atoms with van der Waals surface area (Å²) >= 11 is 0. The largest absolute Gasteiger partial charge is 0.497 e. The highest BCUT2D eigenvalue weighted by Crippen LogP contribution is 2.33. The van der Waals surface area contributed by atoms with Gasteiger partial charge in [0.05, 0.1) is 12.6 Å². The first-order valence-electron chi connectivity index (χ1n) is 8.25. The second-order valence-corrected chi connectivity index (χ2v) is 5.80. The molecule has 7 heteroatoms. The number of fused-ring (bicyclic) bond motifs is 1. The second-order valence-electron chi connectivity index (χ2n) is 5.80. The number of amides is 2. The van der Waals surface area contributed by atoms with Crippen molar-refractivity contribution in [2.24, 2.45) is 0 Å². The van der Waals surface area contributed by atoms with Crippen molar-refractivity contribution in [3.63, 3.8) is 0 Å². The minimum absolute atomic E-state index is 0.193. The number of nitrogens with one attached hydrogen (secondary N) is 2. The van der Waals surface area contributed by atoms with Crippen LogP contribution in [0.4, 0.5) is 5.69 Å². The molecule has 0 aliphatic rings. The van der Waals surface area contributed by atoms with Gasteiger partial charge in [-0.15, -0.1) is 0 Å². The molecular formula is C20H19N3O4. The summed E-state index contributed by atoms with van der Waals surface area (Å²) in [4.78, 5) is 27.6. The fraction of sp³-hybridized carbons (Fsp3) is 0.150. The van der Waals surface area contributed by atoms with E-state index in [1.807, 2.05) is 0 Å². The number of rotatable bonds is 5. The molecule has 0 aliphatic carbocycles. The van der Waals surface area contributed by atoms with Crippen LogP contribution < -0.4 is 20.1 Å². The van der Waals surface area contributed by atoms with Crippen LogP contribution in [-0.4, -0.2) is 31.0 Å². The molecule has 0 aliphatic heterocycles. The topological polar surface area (TPSA) is 89.5 Å². The Morgan fingerprint density at radius 2 is 1.81 bits per heavy atom. The molecule has 0 unspecified atom stereocenters. The smallest absolute Gasteiger partial charge is 0.251 e. The second kappa shape index (κ2) is 7.74. The van der Waals surface area contributed by atoms with Crippen molar-refractivity contribution in [2.75, 3.05) is 19.5 Å². The van der Waals surface area contributed by atoms with Gasteiger partial charge in [-0.25, -0.2) is 0 Å². The SMILES string of the molecule is CNC(=O)c1ccc2nccc(Oc3cc(NC(C)=O)cc(OC)c3)c2c1. The minimum atomic E-state index is -0.196. The molecule has 138 valence electrons. The van der Waals surface area contributed by atoms with Crippen molar-refractivity contribution in [1.82, 2.24) is 10.3 Å². The number of benzene rings is 2. The van der Waals surface area contributed by atoms with Crippen LogP contribution in [0.25, 0.3) is 10.9 Å². The lowest BCUT2D eigenvalue weighted by atomic mass is 10.1. The molecule has 3 aromatic rings. The van der Waals surface area contributed by atoms with Gasteiger partial charge in [0, 0.05) is 55.0 Å². The van der Waals surface area contributed by atoms with E-state index >= 15 is 0 Å². The number of anilines is 1. The van der Waals surface area contributed by atoms with Crippen molar-refractivity contribution in [3.8, 4) is 17.2 Å². The van der Waals surface area contributed by atoms with E-state index in [1.54, 1.807) is 55.7 Å². The van der Waals surface area contributed by atoms with E-state index in [2.05, 4.69) is 15.6 Å². The Balaban J connectivity index is 2.03. The number of hydrogen-bond acceptors (Lipinski definition) is 5. The van der Waals surface area contributed by atoms with E-state index in [1.165, 1.54) is 14.0 Å². The van der Waals surface area contributed by atoms with Crippen LogP contribution in [0.1, 0.15) is 17.3 Å². The van der Waals surface area contributed by atoms with Crippen molar-refractivity contribution >= 4 is 28.4 Å². The highest BCUT2D eigenvalue weighted by atomic mass is 16.5. The van der Waals surface area contributed by atoms with Crippen LogP contribution in [0.2, 0.25) is 0 Å². The molecule has 0 bridgehead atoms. The molecule has 0 atom stereocenters. The summed E-state index contributed by atoms with van der Waals surface area (Å²) in [5.74, 6) is 1.17. The normalized spacial score (nSPS) is 10.3. The average Bonchev–Trinajstić information content (AvgIpc) is 2.66. The molecule has 0 saturated heterocycles. The van der Waals surface area contributed by atoms with E-state index in [0.717, 1.165) is 0 Å². The Bertz CT molecular complexity index is 1020. The molecule has 0 spiro atoms. The van der Waals surface area contributed by atoms with Crippen molar-refractivity contribution in [3.05, 3.63) is 54.2 Å².